The van der Waals surface area contributed by atoms with Crippen molar-refractivity contribution in [2.75, 3.05) is 0 Å². The molecule has 112 valence electrons. The van der Waals surface area contributed by atoms with Gasteiger partial charge < -0.3 is 10.3 Å². The molecule has 2 N–H and O–H groups in total. The summed E-state index contributed by atoms with van der Waals surface area (Å²) < 4.78 is 0. The summed E-state index contributed by atoms with van der Waals surface area (Å²) >= 11 is 0. The predicted octanol–water partition coefficient (Wildman–Crippen LogP) is 3.56. The Kier molecular flexibility index (Phi) is 5.41. The van der Waals surface area contributed by atoms with Gasteiger partial charge in [0.15, 0.2) is 0 Å². The third kappa shape index (κ3) is 4.20. The van der Waals surface area contributed by atoms with Crippen molar-refractivity contribution in [3.63, 3.8) is 0 Å². The van der Waals surface area contributed by atoms with E-state index in [1.807, 2.05) is 6.07 Å². The molecule has 1 aromatic rings. The highest BCUT2D eigenvalue weighted by Crippen LogP contribution is 2.28. The topological polar surface area (TPSA) is 44.9 Å². The zero-order chi connectivity index (χ0) is 14.5. The van der Waals surface area contributed by atoms with E-state index in [9.17, 15) is 4.79 Å². The van der Waals surface area contributed by atoms with Gasteiger partial charge in [-0.3, -0.25) is 4.79 Å². The SMILES string of the molecule is CC(C)CCCC(C)NC1CCCc2[nH]c(=O)ccc21. The van der Waals surface area contributed by atoms with Gasteiger partial charge in [0.05, 0.1) is 0 Å². The lowest BCUT2D eigenvalue weighted by Gasteiger charge is -2.29. The van der Waals surface area contributed by atoms with E-state index in [1.165, 1.54) is 31.2 Å². The molecule has 1 aliphatic rings. The molecular formula is C17H28N2O. The molecule has 1 aromatic heterocycles. The molecule has 3 nitrogen and oxygen atoms in total. The Morgan fingerprint density at radius 3 is 2.85 bits per heavy atom. The Labute approximate surface area is 122 Å². The summed E-state index contributed by atoms with van der Waals surface area (Å²) in [5, 5.41) is 3.75. The molecule has 0 saturated carbocycles. The maximum absolute atomic E-state index is 11.4. The summed E-state index contributed by atoms with van der Waals surface area (Å²) in [5.74, 6) is 0.794. The van der Waals surface area contributed by atoms with E-state index in [4.69, 9.17) is 0 Å². The number of nitrogens with one attached hydrogen (secondary N) is 2. The van der Waals surface area contributed by atoms with E-state index in [1.54, 1.807) is 6.07 Å². The molecule has 1 heterocycles. The first-order valence-electron chi connectivity index (χ1n) is 8.04. The Morgan fingerprint density at radius 1 is 1.30 bits per heavy atom. The van der Waals surface area contributed by atoms with Gasteiger partial charge in [0.2, 0.25) is 5.56 Å². The highest BCUT2D eigenvalue weighted by Gasteiger charge is 2.21. The lowest BCUT2D eigenvalue weighted by molar-refractivity contribution is 0.378. The molecule has 0 spiro atoms. The zero-order valence-corrected chi connectivity index (χ0v) is 13.0. The number of hydrogen-bond donors (Lipinski definition) is 2. The maximum atomic E-state index is 11.4. The molecule has 2 rings (SSSR count). The Balaban J connectivity index is 1.92. The Bertz CT molecular complexity index is 478. The molecule has 0 fully saturated rings. The van der Waals surface area contributed by atoms with Crippen LogP contribution in [0.25, 0.3) is 0 Å². The van der Waals surface area contributed by atoms with Crippen molar-refractivity contribution in [3.8, 4) is 0 Å². The molecule has 0 bridgehead atoms. The van der Waals surface area contributed by atoms with E-state index >= 15 is 0 Å². The molecule has 2 unspecified atom stereocenters. The molecule has 1 aliphatic carbocycles. The molecule has 0 radical (unpaired) electrons. The molecule has 3 heteroatoms. The van der Waals surface area contributed by atoms with Gasteiger partial charge in [-0.25, -0.2) is 0 Å². The van der Waals surface area contributed by atoms with Crippen LogP contribution in [0.4, 0.5) is 0 Å². The lowest BCUT2D eigenvalue weighted by Crippen LogP contribution is -2.33. The van der Waals surface area contributed by atoms with Gasteiger partial charge in [-0.15, -0.1) is 0 Å². The van der Waals surface area contributed by atoms with Gasteiger partial charge in [0, 0.05) is 23.8 Å². The zero-order valence-electron chi connectivity index (χ0n) is 13.0. The minimum Gasteiger partial charge on any atom is -0.326 e. The van der Waals surface area contributed by atoms with Gasteiger partial charge in [0.1, 0.15) is 0 Å². The van der Waals surface area contributed by atoms with Crippen molar-refractivity contribution >= 4 is 0 Å². The number of rotatable bonds is 6. The van der Waals surface area contributed by atoms with Gasteiger partial charge >= 0.3 is 0 Å². The first kappa shape index (κ1) is 15.3. The third-order valence-corrected chi connectivity index (χ3v) is 4.24. The smallest absolute Gasteiger partial charge is 0.248 e. The molecule has 0 saturated heterocycles. The number of pyridine rings is 1. The fourth-order valence-electron chi connectivity index (χ4n) is 3.13. The molecule has 0 aromatic carbocycles. The highest BCUT2D eigenvalue weighted by molar-refractivity contribution is 5.26. The number of fused-ring (bicyclic) bond motifs is 1. The first-order chi connectivity index (χ1) is 9.56. The summed E-state index contributed by atoms with van der Waals surface area (Å²) in [6.45, 7) is 6.85. The second-order valence-electron chi connectivity index (χ2n) is 6.59. The van der Waals surface area contributed by atoms with Crippen molar-refractivity contribution in [1.29, 1.82) is 0 Å². The molecule has 2 atom stereocenters. The quantitative estimate of drug-likeness (QED) is 0.834. The average Bonchev–Trinajstić information content (AvgIpc) is 2.38. The Hall–Kier alpha value is -1.09. The largest absolute Gasteiger partial charge is 0.326 e. The van der Waals surface area contributed by atoms with Crippen LogP contribution in [0, 0.1) is 5.92 Å². The minimum atomic E-state index is 0.0226. The summed E-state index contributed by atoms with van der Waals surface area (Å²) in [4.78, 5) is 14.4. The molecule has 0 aliphatic heterocycles. The lowest BCUT2D eigenvalue weighted by atomic mass is 9.90. The summed E-state index contributed by atoms with van der Waals surface area (Å²) in [6.07, 6.45) is 7.16. The molecule has 20 heavy (non-hydrogen) atoms. The van der Waals surface area contributed by atoms with Crippen LogP contribution in [0.2, 0.25) is 0 Å². The van der Waals surface area contributed by atoms with Gasteiger partial charge in [-0.05, 0) is 44.1 Å². The van der Waals surface area contributed by atoms with E-state index in [2.05, 4.69) is 31.1 Å². The number of aromatic nitrogens is 1. The number of aromatic amines is 1. The number of H-pyrrole nitrogens is 1. The fourth-order valence-corrected chi connectivity index (χ4v) is 3.13. The van der Waals surface area contributed by atoms with Crippen LogP contribution in [0.15, 0.2) is 16.9 Å². The normalized spacial score (nSPS) is 19.9. The number of hydrogen-bond acceptors (Lipinski definition) is 2. The van der Waals surface area contributed by atoms with Crippen molar-refractivity contribution in [2.45, 2.75) is 71.4 Å². The van der Waals surface area contributed by atoms with Crippen molar-refractivity contribution < 1.29 is 0 Å². The van der Waals surface area contributed by atoms with Crippen LogP contribution in [0.3, 0.4) is 0 Å². The number of aryl methyl sites for hydroxylation is 1. The van der Waals surface area contributed by atoms with Crippen LogP contribution in [-0.2, 0) is 6.42 Å². The Morgan fingerprint density at radius 2 is 2.10 bits per heavy atom. The monoisotopic (exact) mass is 276 g/mol. The average molecular weight is 276 g/mol. The van der Waals surface area contributed by atoms with Crippen molar-refractivity contribution in [1.82, 2.24) is 10.3 Å². The van der Waals surface area contributed by atoms with E-state index in [0.717, 1.165) is 24.5 Å². The summed E-state index contributed by atoms with van der Waals surface area (Å²) in [6, 6.07) is 4.61. The van der Waals surface area contributed by atoms with Crippen LogP contribution < -0.4 is 10.9 Å². The highest BCUT2D eigenvalue weighted by atomic mass is 16.1. The fraction of sp³-hybridized carbons (Fsp3) is 0.706. The van der Waals surface area contributed by atoms with Gasteiger partial charge in [-0.1, -0.05) is 32.8 Å². The summed E-state index contributed by atoms with van der Waals surface area (Å²) in [5.41, 5.74) is 2.46. The van der Waals surface area contributed by atoms with Crippen molar-refractivity contribution in [3.05, 3.63) is 33.7 Å². The van der Waals surface area contributed by atoms with E-state index in [-0.39, 0.29) is 5.56 Å². The van der Waals surface area contributed by atoms with Crippen LogP contribution in [0.1, 0.15) is 70.2 Å². The second kappa shape index (κ2) is 7.07. The third-order valence-electron chi connectivity index (χ3n) is 4.24. The van der Waals surface area contributed by atoms with Crippen LogP contribution in [-0.4, -0.2) is 11.0 Å². The van der Waals surface area contributed by atoms with Gasteiger partial charge in [-0.2, -0.15) is 0 Å². The van der Waals surface area contributed by atoms with E-state index in [0.29, 0.717) is 12.1 Å². The second-order valence-corrected chi connectivity index (χ2v) is 6.59. The maximum Gasteiger partial charge on any atom is 0.248 e. The standard InChI is InChI=1S/C17H28N2O/c1-12(2)6-4-7-13(3)18-15-8-5-9-16-14(15)10-11-17(20)19-16/h10-13,15,18H,4-9H2,1-3H3,(H,19,20). The van der Waals surface area contributed by atoms with Crippen LogP contribution >= 0.6 is 0 Å². The van der Waals surface area contributed by atoms with E-state index < -0.39 is 0 Å². The first-order valence-corrected chi connectivity index (χ1v) is 8.04. The predicted molar refractivity (Wildman–Crippen MR) is 84.0 cm³/mol. The minimum absolute atomic E-state index is 0.0226. The van der Waals surface area contributed by atoms with Crippen LogP contribution in [0.5, 0.6) is 0 Å². The van der Waals surface area contributed by atoms with Crippen molar-refractivity contribution in [2.24, 2.45) is 5.92 Å². The summed E-state index contributed by atoms with van der Waals surface area (Å²) in [7, 11) is 0. The molecular weight excluding hydrogens is 248 g/mol. The molecule has 0 amide bonds. The van der Waals surface area contributed by atoms with Gasteiger partial charge in [0.25, 0.3) is 0 Å².